The average molecular weight is 370 g/mol. The van der Waals surface area contributed by atoms with Crippen LogP contribution in [0.3, 0.4) is 0 Å². The van der Waals surface area contributed by atoms with E-state index < -0.39 is 23.3 Å². The number of nitrogens with one attached hydrogen (secondary N) is 2. The number of nitrogens with zero attached hydrogens (tertiary/aromatic N) is 2. The molecule has 0 fully saturated rings. The largest absolute Gasteiger partial charge is 0.440 e. The topological polar surface area (TPSA) is 96.4 Å². The van der Waals surface area contributed by atoms with E-state index >= 15 is 0 Å². The Bertz CT molecular complexity index is 911. The van der Waals surface area contributed by atoms with Gasteiger partial charge in [0.05, 0.1) is 11.3 Å². The highest BCUT2D eigenvalue weighted by atomic mass is 32.2. The molecule has 3 rings (SSSR count). The van der Waals surface area contributed by atoms with Gasteiger partial charge in [0.1, 0.15) is 5.75 Å². The number of carbonyl (C=O) groups excluding carboxylic acids is 1. The number of thioether (sulfide) groups is 1. The number of hydrogen-bond donors (Lipinski definition) is 2. The fourth-order valence-electron chi connectivity index (χ4n) is 1.91. The maximum atomic E-state index is 12.7. The molecule has 0 aliphatic carbocycles. The van der Waals surface area contributed by atoms with Gasteiger partial charge >= 0.3 is 6.18 Å². The first kappa shape index (κ1) is 17.0. The zero-order chi connectivity index (χ0) is 18.0. The van der Waals surface area contributed by atoms with Crippen molar-refractivity contribution in [3.05, 3.63) is 51.9 Å². The monoisotopic (exact) mass is 370 g/mol. The fraction of sp³-hybridized carbons (Fsp3) is 0.143. The first-order chi connectivity index (χ1) is 11.8. The Morgan fingerprint density at radius 2 is 1.96 bits per heavy atom. The molecule has 1 aromatic heterocycles. The second-order valence-electron chi connectivity index (χ2n) is 4.77. The minimum atomic E-state index is -4.73. The lowest BCUT2D eigenvalue weighted by molar-refractivity contribution is -0.141. The van der Waals surface area contributed by atoms with Crippen LogP contribution in [0.4, 0.5) is 13.2 Å². The molecule has 0 spiro atoms. The van der Waals surface area contributed by atoms with Crippen LogP contribution in [0.1, 0.15) is 16.1 Å². The quantitative estimate of drug-likeness (QED) is 0.637. The van der Waals surface area contributed by atoms with E-state index in [-0.39, 0.29) is 28.1 Å². The maximum absolute atomic E-state index is 12.7. The van der Waals surface area contributed by atoms with Crippen molar-refractivity contribution in [2.75, 3.05) is 5.75 Å². The molecule has 0 saturated carbocycles. The first-order valence-corrected chi connectivity index (χ1v) is 7.76. The van der Waals surface area contributed by atoms with Gasteiger partial charge in [-0.25, -0.2) is 10.4 Å². The summed E-state index contributed by atoms with van der Waals surface area (Å²) in [6.07, 6.45) is -4.73. The first-order valence-electron chi connectivity index (χ1n) is 6.78. The average Bonchev–Trinajstić information content (AvgIpc) is 2.71. The number of aromatic amines is 1. The van der Waals surface area contributed by atoms with Gasteiger partial charge < -0.3 is 9.72 Å². The van der Waals surface area contributed by atoms with Gasteiger partial charge in [-0.05, 0) is 12.1 Å². The number of rotatable bonds is 3. The van der Waals surface area contributed by atoms with Gasteiger partial charge in [-0.15, -0.1) is 5.10 Å². The van der Waals surface area contributed by atoms with E-state index in [4.69, 9.17) is 4.74 Å². The zero-order valence-electron chi connectivity index (χ0n) is 12.3. The van der Waals surface area contributed by atoms with Crippen molar-refractivity contribution in [1.82, 2.24) is 15.4 Å². The van der Waals surface area contributed by atoms with Crippen molar-refractivity contribution in [3.8, 4) is 5.75 Å². The van der Waals surface area contributed by atoms with Crippen LogP contribution in [0.2, 0.25) is 0 Å². The number of halogens is 3. The Balaban J connectivity index is 1.77. The maximum Gasteiger partial charge on any atom is 0.433 e. The predicted octanol–water partition coefficient (Wildman–Crippen LogP) is 2.02. The molecule has 1 aliphatic heterocycles. The van der Waals surface area contributed by atoms with Crippen LogP contribution in [0.5, 0.6) is 5.75 Å². The van der Waals surface area contributed by atoms with Crippen molar-refractivity contribution in [3.63, 3.8) is 0 Å². The summed E-state index contributed by atoms with van der Waals surface area (Å²) >= 11 is 0.783. The van der Waals surface area contributed by atoms with E-state index in [0.717, 1.165) is 11.8 Å². The molecule has 0 radical (unpaired) electrons. The van der Waals surface area contributed by atoms with E-state index in [1.165, 1.54) is 0 Å². The van der Waals surface area contributed by atoms with Crippen LogP contribution in [-0.4, -0.2) is 27.5 Å². The number of carbonyl (C=O) groups is 1. The summed E-state index contributed by atoms with van der Waals surface area (Å²) in [5, 5.41) is 3.52. The molecule has 7 nitrogen and oxygen atoms in total. The van der Waals surface area contributed by atoms with Crippen molar-refractivity contribution in [2.45, 2.75) is 11.3 Å². The van der Waals surface area contributed by atoms with E-state index in [1.54, 1.807) is 24.3 Å². The lowest BCUT2D eigenvalue weighted by atomic mass is 10.2. The highest BCUT2D eigenvalue weighted by molar-refractivity contribution is 7.99. The molecule has 130 valence electrons. The van der Waals surface area contributed by atoms with Crippen molar-refractivity contribution >= 4 is 23.6 Å². The van der Waals surface area contributed by atoms with E-state index in [2.05, 4.69) is 20.5 Å². The fourth-order valence-corrected chi connectivity index (χ4v) is 2.63. The predicted molar refractivity (Wildman–Crippen MR) is 82.6 cm³/mol. The lowest BCUT2D eigenvalue weighted by Gasteiger charge is -2.08. The molecule has 0 bridgehead atoms. The second kappa shape index (κ2) is 6.59. The number of benzene rings is 1. The summed E-state index contributed by atoms with van der Waals surface area (Å²) in [6.45, 7) is 0. The Morgan fingerprint density at radius 1 is 1.20 bits per heavy atom. The normalized spacial score (nSPS) is 14.0. The van der Waals surface area contributed by atoms with Crippen LogP contribution in [-0.2, 0) is 6.18 Å². The van der Waals surface area contributed by atoms with Gasteiger partial charge in [-0.2, -0.15) is 13.2 Å². The molecule has 2 N–H and O–H groups in total. The highest BCUT2D eigenvalue weighted by Gasteiger charge is 2.33. The third-order valence-corrected chi connectivity index (χ3v) is 3.84. The van der Waals surface area contributed by atoms with E-state index in [0.29, 0.717) is 6.07 Å². The standard InChI is InChI=1S/C14H9F3N4O3S/c15-14(16,17)9-5-10(22)19-13(18-9)25-6-11-20-21-12(23)7-3-1-2-4-8(7)24-11/h1-5H,6H2,(H,21,23)(H,18,19,22). The second-order valence-corrected chi connectivity index (χ2v) is 5.73. The number of alkyl halides is 3. The van der Waals surface area contributed by atoms with Gasteiger partial charge in [-0.1, -0.05) is 23.9 Å². The zero-order valence-corrected chi connectivity index (χ0v) is 13.1. The van der Waals surface area contributed by atoms with E-state index in [9.17, 15) is 22.8 Å². The summed E-state index contributed by atoms with van der Waals surface area (Å²) in [5.41, 5.74) is 0.333. The molecule has 1 aliphatic rings. The number of H-pyrrole nitrogens is 1. The summed E-state index contributed by atoms with van der Waals surface area (Å²) in [4.78, 5) is 28.7. The minimum absolute atomic E-state index is 0.0448. The van der Waals surface area contributed by atoms with Crippen LogP contribution in [0.25, 0.3) is 0 Å². The number of para-hydroxylation sites is 1. The number of fused-ring (bicyclic) bond motifs is 1. The van der Waals surface area contributed by atoms with Gasteiger partial charge in [0.15, 0.2) is 10.9 Å². The number of hydrazone groups is 1. The van der Waals surface area contributed by atoms with Crippen LogP contribution < -0.4 is 15.7 Å². The van der Waals surface area contributed by atoms with E-state index in [1.807, 2.05) is 0 Å². The summed E-state index contributed by atoms with van der Waals surface area (Å²) in [7, 11) is 0. The van der Waals surface area contributed by atoms with Gasteiger partial charge in [-0.3, -0.25) is 9.59 Å². The molecular formula is C14H9F3N4O3S. The lowest BCUT2D eigenvalue weighted by Crippen LogP contribution is -2.19. The Morgan fingerprint density at radius 3 is 2.72 bits per heavy atom. The molecule has 1 amide bonds. The number of amides is 1. The molecule has 2 heterocycles. The molecular weight excluding hydrogens is 361 g/mol. The molecule has 1 aromatic carbocycles. The van der Waals surface area contributed by atoms with Gasteiger partial charge in [0, 0.05) is 6.07 Å². The SMILES string of the molecule is O=C1NN=C(CSc2nc(C(F)(F)F)cc(=O)[nH]2)Oc2ccccc21. The van der Waals surface area contributed by atoms with Crippen molar-refractivity contribution < 1.29 is 22.7 Å². The molecule has 25 heavy (non-hydrogen) atoms. The number of aromatic nitrogens is 2. The summed E-state index contributed by atoms with van der Waals surface area (Å²) in [6, 6.07) is 6.79. The molecule has 0 saturated heterocycles. The van der Waals surface area contributed by atoms with Crippen LogP contribution in [0, 0.1) is 0 Å². The molecule has 0 unspecified atom stereocenters. The number of hydrogen-bond acceptors (Lipinski definition) is 6. The van der Waals surface area contributed by atoms with Gasteiger partial charge in [0.2, 0.25) is 5.90 Å². The summed E-state index contributed by atoms with van der Waals surface area (Å²) in [5.74, 6) is -0.217. The van der Waals surface area contributed by atoms with Crippen molar-refractivity contribution in [1.29, 1.82) is 0 Å². The highest BCUT2D eigenvalue weighted by Crippen LogP contribution is 2.28. The van der Waals surface area contributed by atoms with Crippen molar-refractivity contribution in [2.24, 2.45) is 5.10 Å². The van der Waals surface area contributed by atoms with Gasteiger partial charge in [0.25, 0.3) is 11.5 Å². The number of ether oxygens (including phenoxy) is 1. The molecule has 11 heteroatoms. The molecule has 0 atom stereocenters. The smallest absolute Gasteiger partial charge is 0.433 e. The van der Waals surface area contributed by atoms with Crippen LogP contribution in [0.15, 0.2) is 45.4 Å². The summed E-state index contributed by atoms with van der Waals surface area (Å²) < 4.78 is 43.5. The third kappa shape index (κ3) is 3.99. The molecule has 2 aromatic rings. The minimum Gasteiger partial charge on any atom is -0.440 e. The Kier molecular flexibility index (Phi) is 4.49. The Labute approximate surface area is 142 Å². The third-order valence-electron chi connectivity index (χ3n) is 2.98. The Hall–Kier alpha value is -2.82. The van der Waals surface area contributed by atoms with Crippen LogP contribution >= 0.6 is 11.8 Å².